The molecule has 7 nitrogen and oxygen atoms in total. The quantitative estimate of drug-likeness (QED) is 0.439. The summed E-state index contributed by atoms with van der Waals surface area (Å²) in [5, 5.41) is 0. The number of hydrogen-bond donors (Lipinski definition) is 1. The SMILES string of the molecule is C=CC(C(=O)OC(C)C)n1c(C(=O)c2cc(C)cc(C)c2)c(CC)c(=O)[nH]c1=O. The molecule has 1 heterocycles. The second kappa shape index (κ2) is 8.86. The zero-order valence-corrected chi connectivity index (χ0v) is 17.4. The van der Waals surface area contributed by atoms with Gasteiger partial charge in [-0.2, -0.15) is 0 Å². The normalized spacial score (nSPS) is 11.9. The van der Waals surface area contributed by atoms with Crippen LogP contribution in [0.3, 0.4) is 0 Å². The summed E-state index contributed by atoms with van der Waals surface area (Å²) in [6.07, 6.45) is 1.000. The largest absolute Gasteiger partial charge is 0.461 e. The maximum absolute atomic E-state index is 13.4. The lowest BCUT2D eigenvalue weighted by Gasteiger charge is -2.21. The molecule has 0 radical (unpaired) electrons. The number of hydrogen-bond acceptors (Lipinski definition) is 5. The lowest BCUT2D eigenvalue weighted by Crippen LogP contribution is -2.41. The van der Waals surface area contributed by atoms with E-state index in [9.17, 15) is 19.2 Å². The minimum absolute atomic E-state index is 0.123. The average Bonchev–Trinajstić information content (AvgIpc) is 2.61. The lowest BCUT2D eigenvalue weighted by atomic mass is 9.98. The number of aromatic amines is 1. The second-order valence-corrected chi connectivity index (χ2v) is 7.18. The van der Waals surface area contributed by atoms with Crippen molar-refractivity contribution < 1.29 is 14.3 Å². The third-order valence-electron chi connectivity index (χ3n) is 4.39. The van der Waals surface area contributed by atoms with Crippen molar-refractivity contribution in [1.29, 1.82) is 0 Å². The van der Waals surface area contributed by atoms with Gasteiger partial charge in [0.1, 0.15) is 5.69 Å². The van der Waals surface area contributed by atoms with Gasteiger partial charge >= 0.3 is 11.7 Å². The van der Waals surface area contributed by atoms with Crippen LogP contribution in [0.2, 0.25) is 0 Å². The summed E-state index contributed by atoms with van der Waals surface area (Å²) in [5.41, 5.74) is 0.534. The van der Waals surface area contributed by atoms with Gasteiger partial charge in [-0.1, -0.05) is 30.2 Å². The van der Waals surface area contributed by atoms with E-state index < -0.39 is 35.1 Å². The number of rotatable bonds is 7. The number of H-pyrrole nitrogens is 1. The van der Waals surface area contributed by atoms with E-state index >= 15 is 0 Å². The van der Waals surface area contributed by atoms with E-state index in [1.165, 1.54) is 6.08 Å². The first kappa shape index (κ1) is 22.1. The van der Waals surface area contributed by atoms with Crippen LogP contribution >= 0.6 is 0 Å². The summed E-state index contributed by atoms with van der Waals surface area (Å²) in [5.74, 6) is -1.25. The Kier molecular flexibility index (Phi) is 6.74. The van der Waals surface area contributed by atoms with Gasteiger partial charge in [0.05, 0.1) is 6.10 Å². The molecular formula is C22H26N2O5. The zero-order chi connectivity index (χ0) is 21.9. The van der Waals surface area contributed by atoms with Crippen molar-refractivity contribution in [2.75, 3.05) is 0 Å². The van der Waals surface area contributed by atoms with Gasteiger partial charge in [0.15, 0.2) is 6.04 Å². The molecular weight excluding hydrogens is 372 g/mol. The molecule has 29 heavy (non-hydrogen) atoms. The highest BCUT2D eigenvalue weighted by Crippen LogP contribution is 2.19. The predicted molar refractivity (Wildman–Crippen MR) is 111 cm³/mol. The average molecular weight is 398 g/mol. The molecule has 7 heteroatoms. The van der Waals surface area contributed by atoms with Crippen molar-refractivity contribution in [3.63, 3.8) is 0 Å². The molecule has 2 aromatic rings. The highest BCUT2D eigenvalue weighted by atomic mass is 16.5. The second-order valence-electron chi connectivity index (χ2n) is 7.18. The summed E-state index contributed by atoms with van der Waals surface area (Å²) < 4.78 is 6.19. The van der Waals surface area contributed by atoms with Crippen LogP contribution < -0.4 is 11.2 Å². The fourth-order valence-corrected chi connectivity index (χ4v) is 3.28. The van der Waals surface area contributed by atoms with Crippen molar-refractivity contribution in [3.05, 3.63) is 79.6 Å². The van der Waals surface area contributed by atoms with Gasteiger partial charge in [-0.15, -0.1) is 6.58 Å². The molecule has 2 rings (SSSR count). The molecule has 0 saturated heterocycles. The van der Waals surface area contributed by atoms with Gasteiger partial charge in [-0.25, -0.2) is 9.59 Å². The molecule has 0 spiro atoms. The first-order chi connectivity index (χ1) is 13.6. The van der Waals surface area contributed by atoms with E-state index in [-0.39, 0.29) is 17.7 Å². The molecule has 0 aliphatic heterocycles. The van der Waals surface area contributed by atoms with Crippen molar-refractivity contribution in [1.82, 2.24) is 9.55 Å². The minimum Gasteiger partial charge on any atom is -0.461 e. The standard InChI is InChI=1S/C22H26N2O5/c1-7-16-18(19(25)15-10-13(5)9-14(6)11-15)24(22(28)23-20(16)26)17(8-2)21(27)29-12(3)4/h8-12,17H,2,7H2,1,3-6H3,(H,23,26,28). The number of nitrogens with zero attached hydrogens (tertiary/aromatic N) is 1. The summed E-state index contributed by atoms with van der Waals surface area (Å²) in [4.78, 5) is 53.3. The molecule has 0 aliphatic rings. The number of nitrogens with one attached hydrogen (secondary N) is 1. The summed E-state index contributed by atoms with van der Waals surface area (Å²) >= 11 is 0. The molecule has 1 aromatic heterocycles. The molecule has 1 unspecified atom stereocenters. The smallest absolute Gasteiger partial charge is 0.333 e. The maximum atomic E-state index is 13.4. The van der Waals surface area contributed by atoms with Gasteiger partial charge in [0.25, 0.3) is 5.56 Å². The van der Waals surface area contributed by atoms with Crippen molar-refractivity contribution in [3.8, 4) is 0 Å². The Labute approximate surface area is 169 Å². The lowest BCUT2D eigenvalue weighted by molar-refractivity contribution is -0.150. The Bertz CT molecular complexity index is 1060. The van der Waals surface area contributed by atoms with Crippen LogP contribution in [-0.2, 0) is 16.0 Å². The summed E-state index contributed by atoms with van der Waals surface area (Å²) in [6.45, 7) is 12.4. The third kappa shape index (κ3) is 4.62. The van der Waals surface area contributed by atoms with Crippen molar-refractivity contribution in [2.24, 2.45) is 0 Å². The molecule has 1 atom stereocenters. The molecule has 0 fully saturated rings. The van der Waals surface area contributed by atoms with Gasteiger partial charge in [-0.05, 0) is 46.2 Å². The third-order valence-corrected chi connectivity index (χ3v) is 4.39. The van der Waals surface area contributed by atoms with E-state index in [0.717, 1.165) is 15.7 Å². The van der Waals surface area contributed by atoms with Gasteiger partial charge in [0.2, 0.25) is 5.78 Å². The zero-order valence-electron chi connectivity index (χ0n) is 17.4. The highest BCUT2D eigenvalue weighted by molar-refractivity contribution is 6.09. The van der Waals surface area contributed by atoms with E-state index in [1.54, 1.807) is 32.9 Å². The molecule has 1 aromatic carbocycles. The highest BCUT2D eigenvalue weighted by Gasteiger charge is 2.29. The predicted octanol–water partition coefficient (Wildman–Crippen LogP) is 2.63. The van der Waals surface area contributed by atoms with Gasteiger partial charge in [-0.3, -0.25) is 19.1 Å². The topological polar surface area (TPSA) is 98.2 Å². The first-order valence-electron chi connectivity index (χ1n) is 9.44. The number of aryl methyl sites for hydroxylation is 2. The molecule has 1 N–H and O–H groups in total. The Balaban J connectivity index is 2.83. The Hall–Kier alpha value is -3.22. The van der Waals surface area contributed by atoms with Crippen molar-refractivity contribution >= 4 is 11.8 Å². The Morgan fingerprint density at radius 3 is 2.24 bits per heavy atom. The summed E-state index contributed by atoms with van der Waals surface area (Å²) in [6, 6.07) is 4.02. The van der Waals surface area contributed by atoms with Crippen LogP contribution in [0, 0.1) is 13.8 Å². The van der Waals surface area contributed by atoms with E-state index in [0.29, 0.717) is 5.56 Å². The van der Waals surface area contributed by atoms with E-state index in [1.807, 2.05) is 19.9 Å². The number of aromatic nitrogens is 2. The van der Waals surface area contributed by atoms with Crippen LogP contribution in [0.1, 0.15) is 59.6 Å². The molecule has 0 amide bonds. The van der Waals surface area contributed by atoms with E-state index in [4.69, 9.17) is 4.74 Å². The fourth-order valence-electron chi connectivity index (χ4n) is 3.28. The van der Waals surface area contributed by atoms with Crippen LogP contribution in [0.15, 0.2) is 40.4 Å². The van der Waals surface area contributed by atoms with Gasteiger partial charge in [0, 0.05) is 11.1 Å². The van der Waals surface area contributed by atoms with Crippen LogP contribution in [0.5, 0.6) is 0 Å². The van der Waals surface area contributed by atoms with Crippen molar-refractivity contribution in [2.45, 2.75) is 53.2 Å². The minimum atomic E-state index is -1.25. The summed E-state index contributed by atoms with van der Waals surface area (Å²) in [7, 11) is 0. The molecule has 0 saturated carbocycles. The number of carbonyl (C=O) groups is 2. The number of benzene rings is 1. The Morgan fingerprint density at radius 2 is 1.76 bits per heavy atom. The molecule has 0 bridgehead atoms. The molecule has 0 aliphatic carbocycles. The number of ketones is 1. The van der Waals surface area contributed by atoms with Crippen LogP contribution in [-0.4, -0.2) is 27.4 Å². The number of carbonyl (C=O) groups excluding carboxylic acids is 2. The fraction of sp³-hybridized carbons (Fsp3) is 0.364. The Morgan fingerprint density at radius 1 is 1.17 bits per heavy atom. The van der Waals surface area contributed by atoms with E-state index in [2.05, 4.69) is 11.6 Å². The van der Waals surface area contributed by atoms with Crippen LogP contribution in [0.4, 0.5) is 0 Å². The number of ether oxygens (including phenoxy) is 1. The monoisotopic (exact) mass is 398 g/mol. The molecule has 154 valence electrons. The maximum Gasteiger partial charge on any atom is 0.333 e. The first-order valence-corrected chi connectivity index (χ1v) is 9.44. The van der Waals surface area contributed by atoms with Crippen LogP contribution in [0.25, 0.3) is 0 Å². The van der Waals surface area contributed by atoms with Gasteiger partial charge < -0.3 is 4.74 Å². The number of esters is 1.